The number of rotatable bonds is 5. The lowest BCUT2D eigenvalue weighted by Crippen LogP contribution is -2.41. The highest BCUT2D eigenvalue weighted by molar-refractivity contribution is 5.81. The summed E-state index contributed by atoms with van der Waals surface area (Å²) in [4.78, 5) is 13.8. The summed E-state index contributed by atoms with van der Waals surface area (Å²) in [6.45, 7) is 6.08. The van der Waals surface area contributed by atoms with Crippen LogP contribution in [0, 0.1) is 11.3 Å². The largest absolute Gasteiger partial charge is 0.395 e. The average molecular weight is 243 g/mol. The highest BCUT2D eigenvalue weighted by Gasteiger charge is 2.33. The standard InChI is InChI=1S/C13H25NO3/c1-13(2,12(16)14(3)6-7-15)10-11-4-8-17-9-5-11/h11,15H,4-10H2,1-3H3. The zero-order chi connectivity index (χ0) is 12.9. The molecule has 1 saturated heterocycles. The Balaban J connectivity index is 2.50. The Morgan fingerprint density at radius 2 is 2.00 bits per heavy atom. The molecule has 0 bridgehead atoms. The molecule has 0 spiro atoms. The van der Waals surface area contributed by atoms with Crippen LogP contribution in [-0.2, 0) is 9.53 Å². The third-order valence-corrected chi connectivity index (χ3v) is 3.50. The summed E-state index contributed by atoms with van der Waals surface area (Å²) in [6, 6.07) is 0. The first-order chi connectivity index (χ1) is 7.97. The van der Waals surface area contributed by atoms with Gasteiger partial charge in [-0.15, -0.1) is 0 Å². The molecule has 0 atom stereocenters. The molecule has 1 amide bonds. The van der Waals surface area contributed by atoms with Crippen LogP contribution in [0.5, 0.6) is 0 Å². The Morgan fingerprint density at radius 3 is 2.53 bits per heavy atom. The van der Waals surface area contributed by atoms with Gasteiger partial charge < -0.3 is 14.7 Å². The first kappa shape index (κ1) is 14.5. The Bertz CT molecular complexity index is 247. The smallest absolute Gasteiger partial charge is 0.228 e. The lowest BCUT2D eigenvalue weighted by atomic mass is 9.79. The van der Waals surface area contributed by atoms with Crippen molar-refractivity contribution in [1.29, 1.82) is 0 Å². The van der Waals surface area contributed by atoms with E-state index in [0.29, 0.717) is 12.5 Å². The summed E-state index contributed by atoms with van der Waals surface area (Å²) in [6.07, 6.45) is 3.02. The first-order valence-electron chi connectivity index (χ1n) is 6.41. The van der Waals surface area contributed by atoms with Crippen LogP contribution < -0.4 is 0 Å². The second kappa shape index (κ2) is 6.36. The molecule has 100 valence electrons. The van der Waals surface area contributed by atoms with Crippen LogP contribution in [0.25, 0.3) is 0 Å². The van der Waals surface area contributed by atoms with E-state index in [1.807, 2.05) is 13.8 Å². The molecule has 0 aliphatic carbocycles. The molecule has 4 heteroatoms. The molecule has 1 aliphatic rings. The van der Waals surface area contributed by atoms with E-state index in [9.17, 15) is 4.79 Å². The fraction of sp³-hybridized carbons (Fsp3) is 0.923. The minimum Gasteiger partial charge on any atom is -0.395 e. The van der Waals surface area contributed by atoms with Crippen LogP contribution in [0.2, 0.25) is 0 Å². The Labute approximate surface area is 104 Å². The van der Waals surface area contributed by atoms with Gasteiger partial charge in [0.15, 0.2) is 0 Å². The monoisotopic (exact) mass is 243 g/mol. The number of ether oxygens (including phenoxy) is 1. The van der Waals surface area contributed by atoms with E-state index in [2.05, 4.69) is 0 Å². The predicted molar refractivity (Wildman–Crippen MR) is 66.7 cm³/mol. The lowest BCUT2D eigenvalue weighted by Gasteiger charge is -2.33. The number of likely N-dealkylation sites (N-methyl/N-ethyl adjacent to an activating group) is 1. The highest BCUT2D eigenvalue weighted by atomic mass is 16.5. The third-order valence-electron chi connectivity index (χ3n) is 3.50. The maximum absolute atomic E-state index is 12.2. The van der Waals surface area contributed by atoms with Gasteiger partial charge in [0.1, 0.15) is 0 Å². The Morgan fingerprint density at radius 1 is 1.41 bits per heavy atom. The SMILES string of the molecule is CN(CCO)C(=O)C(C)(C)CC1CCOCC1. The quantitative estimate of drug-likeness (QED) is 0.791. The summed E-state index contributed by atoms with van der Waals surface area (Å²) in [7, 11) is 1.75. The van der Waals surface area contributed by atoms with E-state index in [-0.39, 0.29) is 17.9 Å². The normalized spacial score (nSPS) is 18.1. The Hall–Kier alpha value is -0.610. The van der Waals surface area contributed by atoms with Crippen molar-refractivity contribution in [1.82, 2.24) is 4.90 Å². The van der Waals surface area contributed by atoms with Crippen molar-refractivity contribution >= 4 is 5.91 Å². The van der Waals surface area contributed by atoms with E-state index in [4.69, 9.17) is 9.84 Å². The number of nitrogens with zero attached hydrogens (tertiary/aromatic N) is 1. The van der Waals surface area contributed by atoms with Crippen LogP contribution in [-0.4, -0.2) is 49.3 Å². The van der Waals surface area contributed by atoms with Crippen molar-refractivity contribution in [3.63, 3.8) is 0 Å². The van der Waals surface area contributed by atoms with Gasteiger partial charge in [-0.2, -0.15) is 0 Å². The average Bonchev–Trinajstić information content (AvgIpc) is 2.29. The molecule has 1 rings (SSSR count). The zero-order valence-electron chi connectivity index (χ0n) is 11.2. The van der Waals surface area contributed by atoms with Gasteiger partial charge in [-0.25, -0.2) is 0 Å². The Kier molecular flexibility index (Phi) is 5.40. The molecule has 1 fully saturated rings. The first-order valence-corrected chi connectivity index (χ1v) is 6.41. The fourth-order valence-corrected chi connectivity index (χ4v) is 2.53. The van der Waals surface area contributed by atoms with Gasteiger partial charge in [-0.3, -0.25) is 4.79 Å². The van der Waals surface area contributed by atoms with Crippen molar-refractivity contribution in [2.75, 3.05) is 33.4 Å². The maximum Gasteiger partial charge on any atom is 0.228 e. The van der Waals surface area contributed by atoms with Crippen LogP contribution in [0.4, 0.5) is 0 Å². The number of aliphatic hydroxyl groups is 1. The van der Waals surface area contributed by atoms with Gasteiger partial charge in [-0.05, 0) is 25.2 Å². The molecule has 17 heavy (non-hydrogen) atoms. The van der Waals surface area contributed by atoms with Crippen LogP contribution in [0.1, 0.15) is 33.1 Å². The molecule has 0 unspecified atom stereocenters. The van der Waals surface area contributed by atoms with Crippen molar-refractivity contribution < 1.29 is 14.6 Å². The van der Waals surface area contributed by atoms with E-state index in [1.165, 1.54) is 0 Å². The number of hydrogen-bond acceptors (Lipinski definition) is 3. The molecule has 1 aliphatic heterocycles. The van der Waals surface area contributed by atoms with Crippen molar-refractivity contribution in [3.8, 4) is 0 Å². The zero-order valence-corrected chi connectivity index (χ0v) is 11.2. The topological polar surface area (TPSA) is 49.8 Å². The van der Waals surface area contributed by atoms with Gasteiger partial charge >= 0.3 is 0 Å². The number of carbonyl (C=O) groups excluding carboxylic acids is 1. The summed E-state index contributed by atoms with van der Waals surface area (Å²) in [5, 5.41) is 8.86. The second-order valence-corrected chi connectivity index (χ2v) is 5.59. The molecule has 0 aromatic carbocycles. The van der Waals surface area contributed by atoms with Crippen LogP contribution in [0.15, 0.2) is 0 Å². The minimum absolute atomic E-state index is 0.0234. The van der Waals surface area contributed by atoms with Gasteiger partial charge in [0, 0.05) is 32.2 Å². The van der Waals surface area contributed by atoms with Gasteiger partial charge in [0.05, 0.1) is 6.61 Å². The molecule has 0 aromatic rings. The number of amides is 1. The molecule has 0 radical (unpaired) electrons. The third kappa shape index (κ3) is 4.28. The van der Waals surface area contributed by atoms with Crippen molar-refractivity contribution in [2.45, 2.75) is 33.1 Å². The van der Waals surface area contributed by atoms with Crippen molar-refractivity contribution in [2.24, 2.45) is 11.3 Å². The molecule has 0 saturated carbocycles. The molecule has 4 nitrogen and oxygen atoms in total. The number of aliphatic hydroxyl groups excluding tert-OH is 1. The maximum atomic E-state index is 12.2. The van der Waals surface area contributed by atoms with E-state index in [0.717, 1.165) is 32.5 Å². The highest BCUT2D eigenvalue weighted by Crippen LogP contribution is 2.32. The molecular weight excluding hydrogens is 218 g/mol. The second-order valence-electron chi connectivity index (χ2n) is 5.59. The summed E-state index contributed by atoms with van der Waals surface area (Å²) >= 11 is 0. The molecular formula is C13H25NO3. The van der Waals surface area contributed by atoms with E-state index < -0.39 is 0 Å². The van der Waals surface area contributed by atoms with Crippen molar-refractivity contribution in [3.05, 3.63) is 0 Å². The summed E-state index contributed by atoms with van der Waals surface area (Å²) in [5.74, 6) is 0.711. The summed E-state index contributed by atoms with van der Waals surface area (Å²) < 4.78 is 5.33. The number of hydrogen-bond donors (Lipinski definition) is 1. The van der Waals surface area contributed by atoms with Crippen LogP contribution >= 0.6 is 0 Å². The van der Waals surface area contributed by atoms with Crippen LogP contribution in [0.3, 0.4) is 0 Å². The number of carbonyl (C=O) groups is 1. The molecule has 1 heterocycles. The summed E-state index contributed by atoms with van der Waals surface area (Å²) in [5.41, 5.74) is -0.341. The lowest BCUT2D eigenvalue weighted by molar-refractivity contribution is -0.140. The molecule has 0 aromatic heterocycles. The van der Waals surface area contributed by atoms with Gasteiger partial charge in [0.2, 0.25) is 5.91 Å². The predicted octanol–water partition coefficient (Wildman–Crippen LogP) is 1.28. The fourth-order valence-electron chi connectivity index (χ4n) is 2.53. The van der Waals surface area contributed by atoms with E-state index >= 15 is 0 Å². The van der Waals surface area contributed by atoms with Gasteiger partial charge in [0.25, 0.3) is 0 Å². The van der Waals surface area contributed by atoms with Gasteiger partial charge in [-0.1, -0.05) is 13.8 Å². The molecule has 1 N–H and O–H groups in total. The minimum atomic E-state index is -0.341. The van der Waals surface area contributed by atoms with E-state index in [1.54, 1.807) is 11.9 Å².